The largest absolute Gasteiger partial charge is 0.398 e. The standard InChI is InChI=1S/C23H46N3Si2/c1-26(2,3)22-10-13-25(18-22)21-16-19(11-14-27(4,5)6)23(24)20(17-21)12-15-28(7,8)9/h16-17,22H,10-15,18,24H2,1-9H3/q+1. The molecule has 1 atom stereocenters. The van der Waals surface area contributed by atoms with Crippen LogP contribution in [-0.4, -0.2) is 60.9 Å². The number of rotatable bonds is 8. The summed E-state index contributed by atoms with van der Waals surface area (Å²) < 4.78 is 1.05. The lowest BCUT2D eigenvalue weighted by atomic mass is 10.0. The second kappa shape index (κ2) is 8.52. The highest BCUT2D eigenvalue weighted by Gasteiger charge is 2.32. The molecule has 0 amide bonds. The lowest BCUT2D eigenvalue weighted by Gasteiger charge is -2.31. The Morgan fingerprint density at radius 3 is 1.75 bits per heavy atom. The van der Waals surface area contributed by atoms with E-state index in [1.807, 2.05) is 0 Å². The average molecular weight is 421 g/mol. The van der Waals surface area contributed by atoms with Crippen LogP contribution in [0.2, 0.25) is 51.4 Å². The summed E-state index contributed by atoms with van der Waals surface area (Å²) in [5.74, 6) is 0. The van der Waals surface area contributed by atoms with Gasteiger partial charge in [0.2, 0.25) is 0 Å². The molecule has 1 aromatic carbocycles. The smallest absolute Gasteiger partial charge is 0.108 e. The van der Waals surface area contributed by atoms with Crippen LogP contribution in [0.5, 0.6) is 0 Å². The van der Waals surface area contributed by atoms with Gasteiger partial charge in [-0.15, -0.1) is 0 Å². The summed E-state index contributed by atoms with van der Waals surface area (Å²) in [6, 6.07) is 8.19. The van der Waals surface area contributed by atoms with Crippen LogP contribution >= 0.6 is 0 Å². The third-order valence-electron chi connectivity index (χ3n) is 6.25. The van der Waals surface area contributed by atoms with E-state index in [4.69, 9.17) is 5.73 Å². The molecule has 0 saturated carbocycles. The van der Waals surface area contributed by atoms with Gasteiger partial charge in [0.1, 0.15) is 6.04 Å². The lowest BCUT2D eigenvalue weighted by Crippen LogP contribution is -2.46. The maximum Gasteiger partial charge on any atom is 0.108 e. The first-order chi connectivity index (χ1) is 12.7. The molecule has 2 N–H and O–H groups in total. The second-order valence-corrected chi connectivity index (χ2v) is 23.5. The number of nitrogens with zero attached hydrogens (tertiary/aromatic N) is 2. The van der Waals surface area contributed by atoms with Gasteiger partial charge >= 0.3 is 0 Å². The summed E-state index contributed by atoms with van der Waals surface area (Å²) in [6.07, 6.45) is 3.56. The topological polar surface area (TPSA) is 29.3 Å². The fourth-order valence-corrected chi connectivity index (χ4v) is 6.02. The monoisotopic (exact) mass is 420 g/mol. The quantitative estimate of drug-likeness (QED) is 0.350. The molecular weight excluding hydrogens is 374 g/mol. The van der Waals surface area contributed by atoms with Crippen molar-refractivity contribution in [2.24, 2.45) is 0 Å². The van der Waals surface area contributed by atoms with Crippen LogP contribution < -0.4 is 10.6 Å². The molecule has 160 valence electrons. The Morgan fingerprint density at radius 1 is 0.929 bits per heavy atom. The Morgan fingerprint density at radius 2 is 1.39 bits per heavy atom. The molecule has 1 aromatic rings. The summed E-state index contributed by atoms with van der Waals surface area (Å²) >= 11 is 0. The predicted octanol–water partition coefficient (Wildman–Crippen LogP) is 5.32. The minimum Gasteiger partial charge on any atom is -0.398 e. The average Bonchev–Trinajstić information content (AvgIpc) is 3.01. The molecule has 1 aliphatic rings. The molecule has 1 unspecified atom stereocenters. The highest BCUT2D eigenvalue weighted by Crippen LogP contribution is 2.33. The fraction of sp³-hybridized carbons (Fsp3) is 0.739. The zero-order chi connectivity index (χ0) is 21.3. The molecule has 5 heteroatoms. The van der Waals surface area contributed by atoms with Crippen molar-refractivity contribution in [2.75, 3.05) is 44.9 Å². The van der Waals surface area contributed by atoms with Crippen molar-refractivity contribution < 1.29 is 4.48 Å². The molecular formula is C23H46N3Si2+. The van der Waals surface area contributed by atoms with Gasteiger partial charge < -0.3 is 15.1 Å². The molecule has 3 nitrogen and oxygen atoms in total. The zero-order valence-corrected chi connectivity index (χ0v) is 22.2. The van der Waals surface area contributed by atoms with Crippen molar-refractivity contribution in [3.63, 3.8) is 0 Å². The highest BCUT2D eigenvalue weighted by atomic mass is 28.3. The van der Waals surface area contributed by atoms with Gasteiger partial charge in [0.15, 0.2) is 0 Å². The number of benzene rings is 1. The van der Waals surface area contributed by atoms with Gasteiger partial charge in [-0.05, 0) is 36.1 Å². The number of anilines is 2. The second-order valence-electron chi connectivity index (χ2n) is 12.3. The van der Waals surface area contributed by atoms with Crippen molar-refractivity contribution in [1.29, 1.82) is 0 Å². The van der Waals surface area contributed by atoms with Crippen molar-refractivity contribution in [2.45, 2.75) is 76.7 Å². The van der Waals surface area contributed by atoms with Crippen LogP contribution in [0.3, 0.4) is 0 Å². The van der Waals surface area contributed by atoms with E-state index in [2.05, 4.69) is 77.5 Å². The Labute approximate surface area is 176 Å². The van der Waals surface area contributed by atoms with E-state index in [0.29, 0.717) is 6.04 Å². The van der Waals surface area contributed by atoms with Gasteiger partial charge in [-0.25, -0.2) is 0 Å². The van der Waals surface area contributed by atoms with Gasteiger partial charge in [-0.3, -0.25) is 0 Å². The number of hydrogen-bond acceptors (Lipinski definition) is 2. The first kappa shape index (κ1) is 23.5. The maximum absolute atomic E-state index is 6.72. The number of nitrogen functional groups attached to an aromatic ring is 1. The van der Waals surface area contributed by atoms with Gasteiger partial charge in [0, 0.05) is 40.5 Å². The Bertz CT molecular complexity index is 627. The van der Waals surface area contributed by atoms with E-state index in [-0.39, 0.29) is 0 Å². The minimum absolute atomic E-state index is 0.716. The lowest BCUT2D eigenvalue weighted by molar-refractivity contribution is -0.893. The Hall–Kier alpha value is -0.786. The van der Waals surface area contributed by atoms with Gasteiger partial charge in [-0.2, -0.15) is 0 Å². The number of quaternary nitrogens is 1. The van der Waals surface area contributed by atoms with E-state index < -0.39 is 16.1 Å². The zero-order valence-electron chi connectivity index (χ0n) is 20.2. The normalized spacial score (nSPS) is 18.8. The summed E-state index contributed by atoms with van der Waals surface area (Å²) in [4.78, 5) is 2.61. The van der Waals surface area contributed by atoms with Crippen LogP contribution in [0.25, 0.3) is 0 Å². The van der Waals surface area contributed by atoms with E-state index in [1.54, 1.807) is 0 Å². The SMILES string of the molecule is C[N+](C)(C)C1CCN(c2cc(CC[Si](C)(C)C)c(N)c(CC[Si](C)(C)C)c2)C1. The van der Waals surface area contributed by atoms with E-state index in [0.717, 1.165) is 29.6 Å². The molecule has 0 aliphatic carbocycles. The van der Waals surface area contributed by atoms with Gasteiger partial charge in [0.05, 0.1) is 27.7 Å². The van der Waals surface area contributed by atoms with Crippen molar-refractivity contribution >= 4 is 27.5 Å². The van der Waals surface area contributed by atoms with E-state index >= 15 is 0 Å². The molecule has 2 rings (SSSR count). The van der Waals surface area contributed by atoms with Gasteiger partial charge in [0.25, 0.3) is 0 Å². The number of hydrogen-bond donors (Lipinski definition) is 1. The van der Waals surface area contributed by atoms with E-state index in [9.17, 15) is 0 Å². The predicted molar refractivity (Wildman–Crippen MR) is 133 cm³/mol. The summed E-state index contributed by atoms with van der Waals surface area (Å²) in [6.45, 7) is 17.1. The van der Waals surface area contributed by atoms with E-state index in [1.165, 1.54) is 41.9 Å². The minimum atomic E-state index is -1.08. The molecule has 0 spiro atoms. The molecule has 1 saturated heterocycles. The maximum atomic E-state index is 6.72. The Kier molecular flexibility index (Phi) is 7.15. The third-order valence-corrected chi connectivity index (χ3v) is 9.75. The molecule has 0 bridgehead atoms. The molecule has 1 fully saturated rings. The van der Waals surface area contributed by atoms with Gasteiger partial charge in [-0.1, -0.05) is 51.4 Å². The number of likely N-dealkylation sites (N-methyl/N-ethyl adjacent to an activating group) is 1. The number of nitrogens with two attached hydrogens (primary N) is 1. The summed E-state index contributed by atoms with van der Waals surface area (Å²) in [5.41, 5.74) is 12.0. The summed E-state index contributed by atoms with van der Waals surface area (Å²) in [7, 11) is 4.83. The molecule has 1 heterocycles. The summed E-state index contributed by atoms with van der Waals surface area (Å²) in [5, 5.41) is 0. The highest BCUT2D eigenvalue weighted by molar-refractivity contribution is 6.76. The molecule has 0 aromatic heterocycles. The van der Waals surface area contributed by atoms with Crippen molar-refractivity contribution in [3.8, 4) is 0 Å². The van der Waals surface area contributed by atoms with Crippen LogP contribution in [0.4, 0.5) is 11.4 Å². The van der Waals surface area contributed by atoms with Crippen molar-refractivity contribution in [3.05, 3.63) is 23.3 Å². The number of aryl methyl sites for hydroxylation is 2. The molecule has 28 heavy (non-hydrogen) atoms. The Balaban J connectivity index is 2.31. The molecule has 1 aliphatic heterocycles. The van der Waals surface area contributed by atoms with Crippen LogP contribution in [-0.2, 0) is 12.8 Å². The first-order valence-corrected chi connectivity index (χ1v) is 18.5. The van der Waals surface area contributed by atoms with Crippen molar-refractivity contribution in [1.82, 2.24) is 0 Å². The third kappa shape index (κ3) is 6.92. The first-order valence-electron chi connectivity index (χ1n) is 11.1. The van der Waals surface area contributed by atoms with Crippen LogP contribution in [0.1, 0.15) is 17.5 Å². The van der Waals surface area contributed by atoms with Crippen LogP contribution in [0.15, 0.2) is 12.1 Å². The molecule has 0 radical (unpaired) electrons. The fourth-order valence-electron chi connectivity index (χ4n) is 3.98. The van der Waals surface area contributed by atoms with Crippen LogP contribution in [0, 0.1) is 0 Å².